The highest BCUT2D eigenvalue weighted by Gasteiger charge is 2.27. The number of amides is 2. The van der Waals surface area contributed by atoms with E-state index in [1.807, 2.05) is 81.8 Å². The van der Waals surface area contributed by atoms with E-state index in [0.29, 0.717) is 40.1 Å². The summed E-state index contributed by atoms with van der Waals surface area (Å²) in [5, 5.41) is 7.67. The van der Waals surface area contributed by atoms with E-state index >= 15 is 0 Å². The summed E-state index contributed by atoms with van der Waals surface area (Å²) in [6.07, 6.45) is 6.89. The SMILES string of the molecule is CN(C)CC=CC(=O)[N+](C)(C)c1ccc(C(=O)Nc2cccc(Nc3ncc(Cl)c(-c4ccc5cc[nH]c5c4)n3)c2)cc1. The predicted molar refractivity (Wildman–Crippen MR) is 175 cm³/mol. The van der Waals surface area contributed by atoms with Crippen molar-refractivity contribution in [2.24, 2.45) is 0 Å². The Morgan fingerprint density at radius 3 is 2.53 bits per heavy atom. The molecule has 0 fully saturated rings. The molecule has 0 radical (unpaired) electrons. The number of anilines is 3. The molecule has 0 aliphatic rings. The van der Waals surface area contributed by atoms with E-state index in [4.69, 9.17) is 11.6 Å². The van der Waals surface area contributed by atoms with Crippen molar-refractivity contribution in [1.82, 2.24) is 24.3 Å². The third-order valence-corrected chi connectivity index (χ3v) is 7.28. The Kier molecular flexibility index (Phi) is 8.68. The highest BCUT2D eigenvalue weighted by molar-refractivity contribution is 6.33. The van der Waals surface area contributed by atoms with Gasteiger partial charge >= 0.3 is 5.91 Å². The highest BCUT2D eigenvalue weighted by atomic mass is 35.5. The van der Waals surface area contributed by atoms with Crippen molar-refractivity contribution in [3.8, 4) is 11.3 Å². The minimum atomic E-state index is -0.268. The minimum Gasteiger partial charge on any atom is -0.361 e. The molecule has 2 amide bonds. The molecule has 0 spiro atoms. The van der Waals surface area contributed by atoms with Crippen LogP contribution >= 0.6 is 11.6 Å². The van der Waals surface area contributed by atoms with Gasteiger partial charge in [-0.2, -0.15) is 0 Å². The number of likely N-dealkylation sites (N-methyl/N-ethyl adjacent to an activating group) is 2. The number of rotatable bonds is 9. The van der Waals surface area contributed by atoms with Crippen molar-refractivity contribution >= 4 is 57.3 Å². The van der Waals surface area contributed by atoms with Crippen LogP contribution in [0.1, 0.15) is 10.4 Å². The number of aromatic amines is 1. The van der Waals surface area contributed by atoms with Gasteiger partial charge < -0.3 is 20.5 Å². The molecule has 5 aromatic rings. The average molecular weight is 595 g/mol. The van der Waals surface area contributed by atoms with Crippen LogP contribution in [0.25, 0.3) is 22.2 Å². The molecule has 3 aromatic carbocycles. The second-order valence-corrected chi connectivity index (χ2v) is 11.2. The van der Waals surface area contributed by atoms with Crippen LogP contribution in [-0.4, -0.2) is 66.4 Å². The Morgan fingerprint density at radius 2 is 1.77 bits per heavy atom. The quantitative estimate of drug-likeness (QED) is 0.133. The molecule has 218 valence electrons. The number of carbonyl (C=O) groups excluding carboxylic acids is 2. The van der Waals surface area contributed by atoms with Gasteiger partial charge in [0.05, 0.1) is 31.0 Å². The molecule has 10 heteroatoms. The zero-order valence-corrected chi connectivity index (χ0v) is 25.2. The summed E-state index contributed by atoms with van der Waals surface area (Å²) < 4.78 is 0.0363. The average Bonchev–Trinajstić information content (AvgIpc) is 3.46. The van der Waals surface area contributed by atoms with E-state index in [2.05, 4.69) is 25.6 Å². The molecule has 0 aliphatic heterocycles. The van der Waals surface area contributed by atoms with Gasteiger partial charge in [-0.1, -0.05) is 35.9 Å². The lowest BCUT2D eigenvalue weighted by Gasteiger charge is -2.25. The Labute approximate surface area is 255 Å². The zero-order chi connectivity index (χ0) is 30.6. The maximum atomic E-state index is 13.0. The first-order valence-corrected chi connectivity index (χ1v) is 14.1. The molecule has 9 nitrogen and oxygen atoms in total. The largest absolute Gasteiger partial charge is 0.361 e. The fourth-order valence-electron chi connectivity index (χ4n) is 4.50. The van der Waals surface area contributed by atoms with Gasteiger partial charge in [-0.15, -0.1) is 0 Å². The Bertz CT molecular complexity index is 1810. The monoisotopic (exact) mass is 594 g/mol. The third-order valence-electron chi connectivity index (χ3n) is 7.01. The fraction of sp³-hybridized carbons (Fsp3) is 0.152. The molecule has 0 saturated heterocycles. The van der Waals surface area contributed by atoms with Crippen molar-refractivity contribution in [1.29, 1.82) is 0 Å². The molecule has 0 unspecified atom stereocenters. The lowest BCUT2D eigenvalue weighted by Crippen LogP contribution is -2.45. The molecular weight excluding hydrogens is 562 g/mol. The van der Waals surface area contributed by atoms with Gasteiger partial charge in [-0.25, -0.2) is 19.2 Å². The number of H-pyrrole nitrogens is 1. The summed E-state index contributed by atoms with van der Waals surface area (Å²) in [6, 6.07) is 22.3. The Balaban J connectivity index is 1.26. The van der Waals surface area contributed by atoms with Crippen LogP contribution in [0.5, 0.6) is 0 Å². The topological polar surface area (TPSA) is 103 Å². The predicted octanol–water partition coefficient (Wildman–Crippen LogP) is 6.49. The number of hydrogen-bond donors (Lipinski definition) is 3. The van der Waals surface area contributed by atoms with Crippen LogP contribution in [-0.2, 0) is 4.79 Å². The van der Waals surface area contributed by atoms with Gasteiger partial charge in [0.1, 0.15) is 5.69 Å². The summed E-state index contributed by atoms with van der Waals surface area (Å²) in [4.78, 5) is 40.0. The van der Waals surface area contributed by atoms with E-state index in [9.17, 15) is 9.59 Å². The van der Waals surface area contributed by atoms with Gasteiger partial charge in [0.2, 0.25) is 5.95 Å². The second kappa shape index (κ2) is 12.6. The number of quaternary nitrogens is 1. The standard InChI is InChI=1S/C33H32ClN7O2/c1-40(2)18-6-9-30(42)41(3,4)27-14-12-23(13-15-27)32(43)37-25-7-5-8-26(20-25)38-33-36-21-28(34)31(39-33)24-11-10-22-16-17-35-29(22)19-24/h5-17,19-21H,18H2,1-4H3,(H2-,35,36,37,38,39,43)/p+1. The maximum Gasteiger partial charge on any atom is 0.342 e. The number of aromatic nitrogens is 3. The Hall–Kier alpha value is -4.83. The number of benzene rings is 3. The summed E-state index contributed by atoms with van der Waals surface area (Å²) in [5.74, 6) is 0.0505. The van der Waals surface area contributed by atoms with Crippen LogP contribution < -0.4 is 15.1 Å². The molecule has 3 N–H and O–H groups in total. The molecule has 43 heavy (non-hydrogen) atoms. The summed E-state index contributed by atoms with van der Waals surface area (Å²) >= 11 is 6.45. The highest BCUT2D eigenvalue weighted by Crippen LogP contribution is 2.30. The van der Waals surface area contributed by atoms with Crippen molar-refractivity contribution in [3.05, 3.63) is 108 Å². The normalized spacial score (nSPS) is 11.8. The van der Waals surface area contributed by atoms with E-state index < -0.39 is 0 Å². The van der Waals surface area contributed by atoms with Gasteiger partial charge in [-0.05, 0) is 61.9 Å². The van der Waals surface area contributed by atoms with Crippen LogP contribution in [0.4, 0.5) is 23.0 Å². The molecule has 0 atom stereocenters. The van der Waals surface area contributed by atoms with Crippen LogP contribution in [0, 0.1) is 0 Å². The summed E-state index contributed by atoms with van der Waals surface area (Å²) in [7, 11) is 7.54. The van der Waals surface area contributed by atoms with Gasteiger partial charge in [0.25, 0.3) is 5.91 Å². The first-order chi connectivity index (χ1) is 20.6. The molecular formula is C33H33ClN7O2+. The van der Waals surface area contributed by atoms with E-state index in [0.717, 1.165) is 22.2 Å². The zero-order valence-electron chi connectivity index (χ0n) is 24.4. The fourth-order valence-corrected chi connectivity index (χ4v) is 4.70. The van der Waals surface area contributed by atoms with Crippen LogP contribution in [0.2, 0.25) is 5.02 Å². The number of nitrogens with one attached hydrogen (secondary N) is 3. The molecule has 5 rings (SSSR count). The molecule has 2 aromatic heterocycles. The number of hydrogen-bond acceptors (Lipinski definition) is 6. The van der Waals surface area contributed by atoms with Crippen LogP contribution in [0.3, 0.4) is 0 Å². The minimum absolute atomic E-state index is 0.0363. The van der Waals surface area contributed by atoms with Crippen molar-refractivity contribution in [2.75, 3.05) is 45.4 Å². The maximum absolute atomic E-state index is 13.0. The Morgan fingerprint density at radius 1 is 1.00 bits per heavy atom. The number of carbonyl (C=O) groups is 2. The van der Waals surface area contributed by atoms with Crippen LogP contribution in [0.15, 0.2) is 97.3 Å². The first kappa shape index (κ1) is 29.7. The van der Waals surface area contributed by atoms with Gasteiger partial charge in [0.15, 0.2) is 0 Å². The first-order valence-electron chi connectivity index (χ1n) is 13.7. The number of halogens is 1. The second-order valence-electron chi connectivity index (χ2n) is 10.8. The van der Waals surface area contributed by atoms with E-state index in [1.54, 1.807) is 48.7 Å². The number of fused-ring (bicyclic) bond motifs is 1. The van der Waals surface area contributed by atoms with E-state index in [1.165, 1.54) is 0 Å². The molecule has 0 aliphatic carbocycles. The third kappa shape index (κ3) is 6.98. The molecule has 0 saturated carbocycles. The molecule has 2 heterocycles. The van der Waals surface area contributed by atoms with Crippen molar-refractivity contribution < 1.29 is 9.59 Å². The smallest absolute Gasteiger partial charge is 0.342 e. The van der Waals surface area contributed by atoms with Crippen molar-refractivity contribution in [3.63, 3.8) is 0 Å². The van der Waals surface area contributed by atoms with Gasteiger partial charge in [0, 0.05) is 59.0 Å². The van der Waals surface area contributed by atoms with Gasteiger partial charge in [-0.3, -0.25) is 4.79 Å². The summed E-state index contributed by atoms with van der Waals surface area (Å²) in [6.45, 7) is 0.681. The van der Waals surface area contributed by atoms with E-state index in [-0.39, 0.29) is 16.3 Å². The van der Waals surface area contributed by atoms with Crippen molar-refractivity contribution in [2.45, 2.75) is 0 Å². The number of nitrogens with zero attached hydrogens (tertiary/aromatic N) is 4. The molecule has 0 bridgehead atoms. The lowest BCUT2D eigenvalue weighted by atomic mass is 10.1. The lowest BCUT2D eigenvalue weighted by molar-refractivity contribution is -0.123. The summed E-state index contributed by atoms with van der Waals surface area (Å²) in [5.41, 5.74) is 5.01.